The third-order valence-electron chi connectivity index (χ3n) is 3.13. The molecule has 0 aliphatic carbocycles. The number of carbonyl (C=O) groups excluding carboxylic acids is 2. The Balaban J connectivity index is 1.77. The fourth-order valence-corrected chi connectivity index (χ4v) is 1.94. The Morgan fingerprint density at radius 2 is 1.72 bits per heavy atom. The first-order chi connectivity index (χ1) is 12.0. The zero-order chi connectivity index (χ0) is 17.8. The van der Waals surface area contributed by atoms with E-state index in [1.165, 1.54) is 18.5 Å². The molecule has 9 nitrogen and oxygen atoms in total. The lowest BCUT2D eigenvalue weighted by Gasteiger charge is -2.04. The molecule has 0 fully saturated rings. The van der Waals surface area contributed by atoms with Gasteiger partial charge in [-0.25, -0.2) is 28.9 Å². The van der Waals surface area contributed by atoms with Gasteiger partial charge in [-0.2, -0.15) is 4.98 Å². The van der Waals surface area contributed by atoms with Crippen LogP contribution in [-0.4, -0.2) is 31.5 Å². The van der Waals surface area contributed by atoms with Crippen molar-refractivity contribution in [3.8, 4) is 17.3 Å². The number of hydrogen-bond donors (Lipinski definition) is 1. The van der Waals surface area contributed by atoms with Gasteiger partial charge >= 0.3 is 17.7 Å². The van der Waals surface area contributed by atoms with Gasteiger partial charge in [0.05, 0.1) is 5.56 Å². The van der Waals surface area contributed by atoms with E-state index >= 15 is 0 Å². The van der Waals surface area contributed by atoms with Crippen LogP contribution in [-0.2, 0) is 0 Å². The molecular formula is C16H11N5O4. The first-order valence-electron chi connectivity index (χ1n) is 7.04. The molecule has 0 atom stereocenters. The van der Waals surface area contributed by atoms with Crippen LogP contribution in [0.5, 0.6) is 5.88 Å². The number of hydrogen-bond acceptors (Lipinski definition) is 7. The van der Waals surface area contributed by atoms with Crippen molar-refractivity contribution in [3.63, 3.8) is 0 Å². The topological polar surface area (TPSA) is 130 Å². The van der Waals surface area contributed by atoms with Crippen molar-refractivity contribution >= 4 is 12.0 Å². The Morgan fingerprint density at radius 3 is 2.32 bits per heavy atom. The molecule has 3 aromatic rings. The number of ether oxygens (including phenoxy) is 1. The summed E-state index contributed by atoms with van der Waals surface area (Å²) in [4.78, 5) is 46.2. The van der Waals surface area contributed by atoms with Gasteiger partial charge in [0, 0.05) is 30.2 Å². The molecule has 25 heavy (non-hydrogen) atoms. The molecule has 3 rings (SSSR count). The van der Waals surface area contributed by atoms with E-state index in [9.17, 15) is 14.4 Å². The molecule has 9 heteroatoms. The van der Waals surface area contributed by atoms with Crippen LogP contribution in [0, 0.1) is 0 Å². The molecule has 0 spiro atoms. The maximum Gasteiger partial charge on any atom is 0.359 e. The third kappa shape index (κ3) is 3.55. The van der Waals surface area contributed by atoms with E-state index in [-0.39, 0.29) is 11.4 Å². The predicted octanol–water partition coefficient (Wildman–Crippen LogP) is 0.846. The summed E-state index contributed by atoms with van der Waals surface area (Å²) >= 11 is 0. The normalized spacial score (nSPS) is 10.2. The summed E-state index contributed by atoms with van der Waals surface area (Å²) in [5.41, 5.74) is 4.92. The van der Waals surface area contributed by atoms with Gasteiger partial charge in [0.25, 0.3) is 0 Å². The van der Waals surface area contributed by atoms with E-state index in [1.807, 2.05) is 30.3 Å². The molecule has 2 N–H and O–H groups in total. The van der Waals surface area contributed by atoms with E-state index in [0.29, 0.717) is 10.4 Å². The number of rotatable bonds is 3. The van der Waals surface area contributed by atoms with Crippen LogP contribution < -0.4 is 16.2 Å². The number of benzene rings is 1. The van der Waals surface area contributed by atoms with Crippen molar-refractivity contribution < 1.29 is 14.3 Å². The molecule has 0 aliphatic heterocycles. The Kier molecular flexibility index (Phi) is 4.29. The van der Waals surface area contributed by atoms with Crippen molar-refractivity contribution in [2.24, 2.45) is 5.73 Å². The molecule has 0 aliphatic rings. The van der Waals surface area contributed by atoms with Crippen molar-refractivity contribution in [1.29, 1.82) is 0 Å². The van der Waals surface area contributed by atoms with Gasteiger partial charge in [0.2, 0.25) is 5.88 Å². The lowest BCUT2D eigenvalue weighted by atomic mass is 10.2. The Bertz CT molecular complexity index is 983. The maximum absolute atomic E-state index is 12.0. The second-order valence-electron chi connectivity index (χ2n) is 4.81. The van der Waals surface area contributed by atoms with E-state index in [2.05, 4.69) is 15.0 Å². The molecular weight excluding hydrogens is 326 g/mol. The fourth-order valence-electron chi connectivity index (χ4n) is 1.94. The number of carbonyl (C=O) groups is 2. The summed E-state index contributed by atoms with van der Waals surface area (Å²) in [6.07, 6.45) is 3.68. The van der Waals surface area contributed by atoms with Crippen molar-refractivity contribution in [2.75, 3.05) is 0 Å². The van der Waals surface area contributed by atoms with Gasteiger partial charge in [0.15, 0.2) is 5.82 Å². The number of aromatic nitrogens is 4. The summed E-state index contributed by atoms with van der Waals surface area (Å²) in [5, 5.41) is 0. The number of amides is 1. The second kappa shape index (κ2) is 6.71. The zero-order valence-electron chi connectivity index (χ0n) is 12.7. The van der Waals surface area contributed by atoms with Crippen molar-refractivity contribution in [1.82, 2.24) is 19.5 Å². The molecule has 0 bridgehead atoms. The third-order valence-corrected chi connectivity index (χ3v) is 3.13. The molecule has 0 saturated carbocycles. The SMILES string of the molecule is NC(=O)n1ccc(OC(=O)c2cnc(-c3ccccc3)nc2)nc1=O. The van der Waals surface area contributed by atoms with Gasteiger partial charge < -0.3 is 10.5 Å². The highest BCUT2D eigenvalue weighted by Gasteiger charge is 2.13. The zero-order valence-corrected chi connectivity index (χ0v) is 12.7. The molecule has 2 aromatic heterocycles. The maximum atomic E-state index is 12.0. The lowest BCUT2D eigenvalue weighted by Crippen LogP contribution is -2.33. The summed E-state index contributed by atoms with van der Waals surface area (Å²) in [5.74, 6) is -0.595. The number of nitrogens with two attached hydrogens (primary N) is 1. The molecule has 1 aromatic carbocycles. The minimum atomic E-state index is -0.986. The molecule has 2 heterocycles. The smallest absolute Gasteiger partial charge is 0.359 e. The van der Waals surface area contributed by atoms with E-state index in [1.54, 1.807) is 0 Å². The summed E-state index contributed by atoms with van der Waals surface area (Å²) in [6.45, 7) is 0. The molecule has 0 unspecified atom stereocenters. The number of esters is 1. The van der Waals surface area contributed by atoms with Crippen LogP contribution >= 0.6 is 0 Å². The van der Waals surface area contributed by atoms with Crippen LogP contribution in [0.4, 0.5) is 4.79 Å². The molecule has 124 valence electrons. The highest BCUT2D eigenvalue weighted by Crippen LogP contribution is 2.14. The minimum Gasteiger partial charge on any atom is -0.404 e. The summed E-state index contributed by atoms with van der Waals surface area (Å²) < 4.78 is 5.54. The lowest BCUT2D eigenvalue weighted by molar-refractivity contribution is 0.0726. The second-order valence-corrected chi connectivity index (χ2v) is 4.81. The minimum absolute atomic E-state index is 0.0839. The van der Waals surface area contributed by atoms with E-state index in [4.69, 9.17) is 10.5 Å². The largest absolute Gasteiger partial charge is 0.404 e. The van der Waals surface area contributed by atoms with Gasteiger partial charge in [-0.15, -0.1) is 0 Å². The number of nitrogens with zero attached hydrogens (tertiary/aromatic N) is 4. The standard InChI is InChI=1S/C16H11N5O4/c17-15(23)21-7-6-12(20-16(21)24)25-14(22)11-8-18-13(19-9-11)10-4-2-1-3-5-10/h1-9H,(H2,17,23). The first kappa shape index (κ1) is 16.0. The summed E-state index contributed by atoms with van der Waals surface area (Å²) in [6, 6.07) is 9.43. The molecule has 0 radical (unpaired) electrons. The van der Waals surface area contributed by atoms with Gasteiger partial charge in [0.1, 0.15) is 0 Å². The Labute approximate surface area is 140 Å². The van der Waals surface area contributed by atoms with Crippen LogP contribution in [0.2, 0.25) is 0 Å². The predicted molar refractivity (Wildman–Crippen MR) is 85.9 cm³/mol. The Morgan fingerprint density at radius 1 is 1.04 bits per heavy atom. The molecule has 1 amide bonds. The van der Waals surface area contributed by atoms with Gasteiger partial charge in [-0.1, -0.05) is 30.3 Å². The monoisotopic (exact) mass is 337 g/mol. The van der Waals surface area contributed by atoms with Crippen molar-refractivity contribution in [3.05, 3.63) is 71.0 Å². The quantitative estimate of drug-likeness (QED) is 0.701. The van der Waals surface area contributed by atoms with Crippen LogP contribution in [0.1, 0.15) is 10.4 Å². The van der Waals surface area contributed by atoms with Gasteiger partial charge in [-0.3, -0.25) is 0 Å². The van der Waals surface area contributed by atoms with E-state index < -0.39 is 17.7 Å². The van der Waals surface area contributed by atoms with Gasteiger partial charge in [-0.05, 0) is 0 Å². The first-order valence-corrected chi connectivity index (χ1v) is 7.04. The Hall–Kier alpha value is -3.88. The van der Waals surface area contributed by atoms with Crippen LogP contribution in [0.15, 0.2) is 59.8 Å². The number of primary amides is 1. The highest BCUT2D eigenvalue weighted by atomic mass is 16.5. The van der Waals surface area contributed by atoms with Crippen LogP contribution in [0.3, 0.4) is 0 Å². The molecule has 0 saturated heterocycles. The van der Waals surface area contributed by atoms with Crippen LogP contribution in [0.25, 0.3) is 11.4 Å². The van der Waals surface area contributed by atoms with E-state index in [0.717, 1.165) is 11.8 Å². The average molecular weight is 337 g/mol. The summed E-state index contributed by atoms with van der Waals surface area (Å²) in [7, 11) is 0. The highest BCUT2D eigenvalue weighted by molar-refractivity contribution is 5.90. The average Bonchev–Trinajstić information content (AvgIpc) is 2.62. The van der Waals surface area contributed by atoms with Crippen molar-refractivity contribution in [2.45, 2.75) is 0 Å². The fraction of sp³-hybridized carbons (Fsp3) is 0.